The summed E-state index contributed by atoms with van der Waals surface area (Å²) >= 11 is 5.96. The van der Waals surface area contributed by atoms with Gasteiger partial charge in [0.15, 0.2) is 0 Å². The molecule has 2 unspecified atom stereocenters. The molecule has 0 saturated heterocycles. The van der Waals surface area contributed by atoms with E-state index in [1.54, 1.807) is 12.1 Å². The van der Waals surface area contributed by atoms with E-state index in [4.69, 9.17) is 11.6 Å². The first-order valence-corrected chi connectivity index (χ1v) is 7.57. The number of nitrogens with one attached hydrogen (secondary N) is 1. The molecule has 0 aliphatic heterocycles. The fraction of sp³-hybridized carbons (Fsp3) is 0.600. The van der Waals surface area contributed by atoms with E-state index in [0.29, 0.717) is 17.9 Å². The smallest absolute Gasteiger partial charge is 0.288 e. The van der Waals surface area contributed by atoms with E-state index in [9.17, 15) is 10.1 Å². The molecule has 0 radical (unpaired) electrons. The first-order chi connectivity index (χ1) is 9.49. The predicted molar refractivity (Wildman–Crippen MR) is 82.3 cm³/mol. The zero-order valence-electron chi connectivity index (χ0n) is 11.9. The van der Waals surface area contributed by atoms with E-state index in [0.717, 1.165) is 12.1 Å². The molecule has 5 heteroatoms. The van der Waals surface area contributed by atoms with Crippen molar-refractivity contribution in [2.75, 3.05) is 5.32 Å². The number of hydrogen-bond donors (Lipinski definition) is 1. The van der Waals surface area contributed by atoms with Crippen LogP contribution in [0.2, 0.25) is 5.02 Å². The Hall–Kier alpha value is -1.29. The van der Waals surface area contributed by atoms with Gasteiger partial charge in [0.2, 0.25) is 0 Å². The minimum absolute atomic E-state index is 0.0405. The minimum Gasteiger partial charge on any atom is -0.382 e. The summed E-state index contributed by atoms with van der Waals surface area (Å²) in [6.45, 7) is 4.51. The molecule has 110 valence electrons. The van der Waals surface area contributed by atoms with Gasteiger partial charge in [-0.3, -0.25) is 10.1 Å². The number of nitro groups is 1. The maximum Gasteiger partial charge on any atom is 0.288 e. The van der Waals surface area contributed by atoms with Gasteiger partial charge in [-0.2, -0.15) is 0 Å². The third-order valence-electron chi connectivity index (χ3n) is 4.17. The average Bonchev–Trinajstić information content (AvgIpc) is 2.38. The van der Waals surface area contributed by atoms with Crippen LogP contribution >= 0.6 is 11.6 Å². The highest BCUT2D eigenvalue weighted by Crippen LogP contribution is 2.34. The normalized spacial score (nSPS) is 22.8. The van der Waals surface area contributed by atoms with Crippen molar-refractivity contribution in [3.63, 3.8) is 0 Å². The highest BCUT2D eigenvalue weighted by molar-refractivity contribution is 6.32. The van der Waals surface area contributed by atoms with E-state index >= 15 is 0 Å². The molecule has 1 fully saturated rings. The second-order valence-electron chi connectivity index (χ2n) is 5.87. The Morgan fingerprint density at radius 2 is 2.05 bits per heavy atom. The lowest BCUT2D eigenvalue weighted by atomic mass is 9.78. The lowest BCUT2D eigenvalue weighted by Gasteiger charge is -2.35. The van der Waals surface area contributed by atoms with Crippen LogP contribution in [-0.2, 0) is 0 Å². The van der Waals surface area contributed by atoms with Gasteiger partial charge in [-0.05, 0) is 36.8 Å². The molecule has 20 heavy (non-hydrogen) atoms. The van der Waals surface area contributed by atoms with Crippen molar-refractivity contribution >= 4 is 23.0 Å². The number of rotatable bonds is 4. The van der Waals surface area contributed by atoms with Crippen molar-refractivity contribution in [2.45, 2.75) is 45.6 Å². The van der Waals surface area contributed by atoms with E-state index in [2.05, 4.69) is 19.2 Å². The first kappa shape index (κ1) is 15.1. The number of anilines is 1. The summed E-state index contributed by atoms with van der Waals surface area (Å²) < 4.78 is 0. The van der Waals surface area contributed by atoms with E-state index < -0.39 is 4.92 Å². The third kappa shape index (κ3) is 3.42. The summed E-state index contributed by atoms with van der Waals surface area (Å²) in [7, 11) is 0. The zero-order valence-corrected chi connectivity index (χ0v) is 12.7. The van der Waals surface area contributed by atoms with Gasteiger partial charge in [0, 0.05) is 17.8 Å². The van der Waals surface area contributed by atoms with Crippen molar-refractivity contribution in [2.24, 2.45) is 11.8 Å². The number of benzene rings is 1. The van der Waals surface area contributed by atoms with Crippen LogP contribution in [0.4, 0.5) is 11.4 Å². The van der Waals surface area contributed by atoms with Crippen molar-refractivity contribution in [1.82, 2.24) is 0 Å². The lowest BCUT2D eigenvalue weighted by molar-refractivity contribution is -0.384. The lowest BCUT2D eigenvalue weighted by Crippen LogP contribution is -2.35. The molecule has 1 aromatic carbocycles. The van der Waals surface area contributed by atoms with Crippen LogP contribution in [0.25, 0.3) is 0 Å². The molecule has 1 aliphatic rings. The maximum atomic E-state index is 10.8. The highest BCUT2D eigenvalue weighted by atomic mass is 35.5. The van der Waals surface area contributed by atoms with Gasteiger partial charge in [-0.15, -0.1) is 0 Å². The monoisotopic (exact) mass is 296 g/mol. The number of nitro benzene ring substituents is 1. The Kier molecular flexibility index (Phi) is 4.86. The minimum atomic E-state index is -0.455. The van der Waals surface area contributed by atoms with Crippen molar-refractivity contribution < 1.29 is 4.92 Å². The first-order valence-electron chi connectivity index (χ1n) is 7.19. The summed E-state index contributed by atoms with van der Waals surface area (Å²) in [6, 6.07) is 5.31. The molecule has 0 spiro atoms. The summed E-state index contributed by atoms with van der Waals surface area (Å²) in [5.41, 5.74) is 0.833. The van der Waals surface area contributed by atoms with E-state index in [1.165, 1.54) is 25.3 Å². The van der Waals surface area contributed by atoms with Gasteiger partial charge in [0.25, 0.3) is 5.69 Å². The second kappa shape index (κ2) is 6.44. The highest BCUT2D eigenvalue weighted by Gasteiger charge is 2.27. The quantitative estimate of drug-likeness (QED) is 0.636. The number of halogens is 1. The molecule has 4 nitrogen and oxygen atoms in total. The fourth-order valence-corrected chi connectivity index (χ4v) is 3.35. The van der Waals surface area contributed by atoms with Gasteiger partial charge in [0.1, 0.15) is 5.02 Å². The molecule has 1 aromatic rings. The van der Waals surface area contributed by atoms with E-state index in [1.807, 2.05) is 0 Å². The Bertz CT molecular complexity index is 491. The standard InChI is InChI=1S/C15H21ClN2O2/c1-10(2)12-5-3-4-6-14(12)17-11-7-8-15(18(19)20)13(16)9-11/h7-10,12,14,17H,3-6H2,1-2H3. The zero-order chi connectivity index (χ0) is 14.7. The van der Waals surface area contributed by atoms with Gasteiger partial charge in [-0.25, -0.2) is 0 Å². The molecule has 0 amide bonds. The summed E-state index contributed by atoms with van der Waals surface area (Å²) in [4.78, 5) is 10.3. The van der Waals surface area contributed by atoms with Gasteiger partial charge in [-0.1, -0.05) is 38.3 Å². The molecule has 2 atom stereocenters. The molecular formula is C15H21ClN2O2. The average molecular weight is 297 g/mol. The molecule has 1 N–H and O–H groups in total. The van der Waals surface area contributed by atoms with Crippen LogP contribution < -0.4 is 5.32 Å². The van der Waals surface area contributed by atoms with Gasteiger partial charge < -0.3 is 5.32 Å². The van der Waals surface area contributed by atoms with Crippen molar-refractivity contribution in [1.29, 1.82) is 0 Å². The van der Waals surface area contributed by atoms with Crippen LogP contribution in [0, 0.1) is 22.0 Å². The van der Waals surface area contributed by atoms with Crippen molar-refractivity contribution in [3.8, 4) is 0 Å². The topological polar surface area (TPSA) is 55.2 Å². The fourth-order valence-electron chi connectivity index (χ4n) is 3.10. The SMILES string of the molecule is CC(C)C1CCCCC1Nc1ccc([N+](=O)[O-])c(Cl)c1. The number of hydrogen-bond acceptors (Lipinski definition) is 3. The van der Waals surface area contributed by atoms with Crippen molar-refractivity contribution in [3.05, 3.63) is 33.3 Å². The molecular weight excluding hydrogens is 276 g/mol. The Morgan fingerprint density at radius 3 is 2.65 bits per heavy atom. The molecule has 1 aliphatic carbocycles. The van der Waals surface area contributed by atoms with Crippen LogP contribution in [0.15, 0.2) is 18.2 Å². The van der Waals surface area contributed by atoms with Gasteiger partial charge in [0.05, 0.1) is 4.92 Å². The molecule has 0 aromatic heterocycles. The Labute approximate surface area is 124 Å². The Morgan fingerprint density at radius 1 is 1.35 bits per heavy atom. The van der Waals surface area contributed by atoms with Crippen LogP contribution in [0.5, 0.6) is 0 Å². The predicted octanol–water partition coefficient (Wildman–Crippen LogP) is 4.87. The van der Waals surface area contributed by atoms with Crippen LogP contribution in [0.3, 0.4) is 0 Å². The Balaban J connectivity index is 2.12. The summed E-state index contributed by atoms with van der Waals surface area (Å²) in [5.74, 6) is 1.29. The van der Waals surface area contributed by atoms with Crippen LogP contribution in [0.1, 0.15) is 39.5 Å². The molecule has 1 saturated carbocycles. The van der Waals surface area contributed by atoms with Gasteiger partial charge >= 0.3 is 0 Å². The van der Waals surface area contributed by atoms with Crippen LogP contribution in [-0.4, -0.2) is 11.0 Å². The third-order valence-corrected chi connectivity index (χ3v) is 4.47. The molecule has 2 rings (SSSR count). The largest absolute Gasteiger partial charge is 0.382 e. The number of nitrogens with zero attached hydrogens (tertiary/aromatic N) is 1. The maximum absolute atomic E-state index is 10.8. The molecule has 0 bridgehead atoms. The summed E-state index contributed by atoms with van der Waals surface area (Å²) in [5, 5.41) is 14.5. The van der Waals surface area contributed by atoms with E-state index in [-0.39, 0.29) is 10.7 Å². The summed E-state index contributed by atoms with van der Waals surface area (Å²) in [6.07, 6.45) is 4.93. The molecule has 0 heterocycles. The second-order valence-corrected chi connectivity index (χ2v) is 6.27.